The molecule has 4 atom stereocenters. The number of azide groups is 1. The Labute approximate surface area is 213 Å². The number of methoxy groups -OCH3 is 1. The van der Waals surface area contributed by atoms with Crippen molar-refractivity contribution >= 4 is 11.9 Å². The van der Waals surface area contributed by atoms with Crippen LogP contribution in [0.15, 0.2) is 41.2 Å². The zero-order valence-electron chi connectivity index (χ0n) is 20.6. The van der Waals surface area contributed by atoms with Crippen LogP contribution in [0, 0.1) is 0 Å². The summed E-state index contributed by atoms with van der Waals surface area (Å²) in [7, 11) is 1.59. The first-order valence-corrected chi connectivity index (χ1v) is 12.5. The topological polar surface area (TPSA) is 132 Å². The summed E-state index contributed by atoms with van der Waals surface area (Å²) in [5.41, 5.74) is 8.90. The molecule has 0 aromatic heterocycles. The fourth-order valence-corrected chi connectivity index (χ4v) is 6.50. The highest BCUT2D eigenvalue weighted by atomic mass is 16.7. The van der Waals surface area contributed by atoms with Crippen molar-refractivity contribution in [3.63, 3.8) is 0 Å². The minimum atomic E-state index is -1.41. The van der Waals surface area contributed by atoms with E-state index in [0.29, 0.717) is 11.5 Å². The molecule has 11 heteroatoms. The quantitative estimate of drug-likeness (QED) is 0.180. The van der Waals surface area contributed by atoms with Gasteiger partial charge in [0.1, 0.15) is 5.76 Å². The predicted octanol–water partition coefficient (Wildman–Crippen LogP) is 3.29. The maximum Gasteiger partial charge on any atom is 0.352 e. The van der Waals surface area contributed by atoms with Crippen LogP contribution < -0.4 is 9.47 Å². The van der Waals surface area contributed by atoms with Gasteiger partial charge in [0.05, 0.1) is 25.0 Å². The first kappa shape index (κ1) is 23.7. The van der Waals surface area contributed by atoms with Crippen molar-refractivity contribution in [1.29, 1.82) is 0 Å². The molecule has 0 radical (unpaired) electrons. The van der Waals surface area contributed by atoms with Crippen molar-refractivity contribution in [3.05, 3.63) is 57.7 Å². The van der Waals surface area contributed by atoms with E-state index in [2.05, 4.69) is 21.0 Å². The molecular formula is C26H28N4O7. The third-order valence-electron chi connectivity index (χ3n) is 8.17. The molecule has 0 amide bonds. The molecule has 0 bridgehead atoms. The van der Waals surface area contributed by atoms with Gasteiger partial charge in [-0.1, -0.05) is 17.3 Å². The second-order valence-electron chi connectivity index (χ2n) is 10.0. The van der Waals surface area contributed by atoms with E-state index in [-0.39, 0.29) is 37.6 Å². The van der Waals surface area contributed by atoms with Crippen LogP contribution in [0.1, 0.15) is 42.7 Å². The van der Waals surface area contributed by atoms with Crippen molar-refractivity contribution < 1.29 is 33.3 Å². The van der Waals surface area contributed by atoms with Gasteiger partial charge in [0.15, 0.2) is 17.6 Å². The van der Waals surface area contributed by atoms with E-state index in [4.69, 9.17) is 29.2 Å². The molecule has 1 aromatic carbocycles. The Balaban J connectivity index is 1.35. The SMILES string of the molecule is COC1=C[C@]23CCCN2CCc2cc4c(cc2[C@@H]3[C@@H]1OC(=O)[C@]1(C/C=C/CN=[N+]=[N-])CC(=O)O1)OCO4. The van der Waals surface area contributed by atoms with Crippen LogP contribution in [0.4, 0.5) is 0 Å². The van der Waals surface area contributed by atoms with Crippen molar-refractivity contribution in [3.8, 4) is 11.5 Å². The second kappa shape index (κ2) is 9.00. The number of fused-ring (bicyclic) bond motifs is 3. The number of carbonyl (C=O) groups excluding carboxylic acids is 2. The summed E-state index contributed by atoms with van der Waals surface area (Å²) < 4.78 is 28.8. The number of benzene rings is 1. The van der Waals surface area contributed by atoms with Crippen molar-refractivity contribution in [1.82, 2.24) is 4.90 Å². The summed E-state index contributed by atoms with van der Waals surface area (Å²) in [4.78, 5) is 30.6. The van der Waals surface area contributed by atoms with E-state index in [9.17, 15) is 9.59 Å². The predicted molar refractivity (Wildman–Crippen MR) is 129 cm³/mol. The maximum absolute atomic E-state index is 13.6. The molecule has 1 aromatic rings. The summed E-state index contributed by atoms with van der Waals surface area (Å²) in [6.07, 6.45) is 7.58. The van der Waals surface area contributed by atoms with Gasteiger partial charge >= 0.3 is 11.9 Å². The lowest BCUT2D eigenvalue weighted by molar-refractivity contribution is -0.210. The fraction of sp³-hybridized carbons (Fsp3) is 0.538. The highest BCUT2D eigenvalue weighted by Crippen LogP contribution is 2.56. The maximum atomic E-state index is 13.6. The average molecular weight is 509 g/mol. The molecule has 11 nitrogen and oxygen atoms in total. The lowest BCUT2D eigenvalue weighted by Gasteiger charge is -2.41. The molecular weight excluding hydrogens is 480 g/mol. The van der Waals surface area contributed by atoms with E-state index in [1.807, 2.05) is 12.1 Å². The van der Waals surface area contributed by atoms with Crippen LogP contribution >= 0.6 is 0 Å². The smallest absolute Gasteiger partial charge is 0.352 e. The Morgan fingerprint density at radius 1 is 1.30 bits per heavy atom. The summed E-state index contributed by atoms with van der Waals surface area (Å²) in [5.74, 6) is 0.728. The van der Waals surface area contributed by atoms with E-state index in [1.54, 1.807) is 19.3 Å². The molecule has 5 aliphatic rings. The standard InChI is InChI=1S/C26H28N4O7/c1-33-20-13-25-6-4-9-30(25)10-5-16-11-18-19(35-15-34-18)12-17(16)22(25)23(20)36-24(32)26(14-21(31)37-26)7-2-3-8-28-29-27/h2-3,11-13,22-23H,4-10,14-15H2,1H3/b3-2+/t22-,23-,25+,26+/m1/s1. The molecule has 0 unspecified atom stereocenters. The summed E-state index contributed by atoms with van der Waals surface area (Å²) in [6.45, 7) is 2.14. The second-order valence-corrected chi connectivity index (χ2v) is 10.0. The van der Waals surface area contributed by atoms with Crippen molar-refractivity contribution in [2.24, 2.45) is 5.11 Å². The Morgan fingerprint density at radius 3 is 2.86 bits per heavy atom. The van der Waals surface area contributed by atoms with Gasteiger partial charge in [-0.15, -0.1) is 0 Å². The third kappa shape index (κ3) is 3.72. The van der Waals surface area contributed by atoms with Crippen LogP contribution in [0.2, 0.25) is 0 Å². The van der Waals surface area contributed by atoms with Crippen molar-refractivity contribution in [2.45, 2.75) is 55.3 Å². The van der Waals surface area contributed by atoms with E-state index in [0.717, 1.165) is 49.2 Å². The van der Waals surface area contributed by atoms with Gasteiger partial charge in [0, 0.05) is 24.4 Å². The summed E-state index contributed by atoms with van der Waals surface area (Å²) >= 11 is 0. The van der Waals surface area contributed by atoms with Crippen LogP contribution in [0.25, 0.3) is 10.4 Å². The first-order chi connectivity index (χ1) is 18.0. The molecule has 4 heterocycles. The Bertz CT molecular complexity index is 1250. The number of hydrogen-bond acceptors (Lipinski definition) is 9. The van der Waals surface area contributed by atoms with Crippen LogP contribution in [-0.4, -0.2) is 67.6 Å². The molecule has 1 aliphatic carbocycles. The zero-order valence-corrected chi connectivity index (χ0v) is 20.6. The Morgan fingerprint density at radius 2 is 2.11 bits per heavy atom. The number of hydrogen-bond donors (Lipinski definition) is 0. The van der Waals surface area contributed by atoms with Crippen LogP contribution in [-0.2, 0) is 30.2 Å². The largest absolute Gasteiger partial charge is 0.497 e. The van der Waals surface area contributed by atoms with E-state index in [1.165, 1.54) is 0 Å². The van der Waals surface area contributed by atoms with Crippen LogP contribution in [0.5, 0.6) is 11.5 Å². The molecule has 0 saturated carbocycles. The monoisotopic (exact) mass is 508 g/mol. The van der Waals surface area contributed by atoms with Gasteiger partial charge in [-0.05, 0) is 60.7 Å². The molecule has 2 saturated heterocycles. The van der Waals surface area contributed by atoms with E-state index < -0.39 is 23.6 Å². The van der Waals surface area contributed by atoms with Gasteiger partial charge in [-0.25, -0.2) is 4.79 Å². The summed E-state index contributed by atoms with van der Waals surface area (Å²) in [6, 6.07) is 4.07. The first-order valence-electron chi connectivity index (χ1n) is 12.5. The van der Waals surface area contributed by atoms with Gasteiger partial charge in [0.2, 0.25) is 12.4 Å². The van der Waals surface area contributed by atoms with Crippen LogP contribution in [0.3, 0.4) is 0 Å². The van der Waals surface area contributed by atoms with Gasteiger partial charge in [-0.2, -0.15) is 0 Å². The molecule has 37 heavy (non-hydrogen) atoms. The summed E-state index contributed by atoms with van der Waals surface area (Å²) in [5, 5.41) is 3.45. The third-order valence-corrected chi connectivity index (χ3v) is 8.17. The van der Waals surface area contributed by atoms with Gasteiger partial charge in [-0.3, -0.25) is 9.69 Å². The average Bonchev–Trinajstić information content (AvgIpc) is 3.56. The lowest BCUT2D eigenvalue weighted by atomic mass is 9.77. The molecule has 1 spiro atoms. The van der Waals surface area contributed by atoms with Crippen molar-refractivity contribution in [2.75, 3.05) is 33.5 Å². The normalized spacial score (nSPS) is 31.3. The molecule has 2 fully saturated rings. The Kier molecular flexibility index (Phi) is 5.77. The number of esters is 2. The Hall–Kier alpha value is -3.69. The number of rotatable bonds is 7. The van der Waals surface area contributed by atoms with E-state index >= 15 is 0 Å². The number of nitrogens with zero attached hydrogens (tertiary/aromatic N) is 4. The highest BCUT2D eigenvalue weighted by molar-refractivity contribution is 5.94. The highest BCUT2D eigenvalue weighted by Gasteiger charge is 2.60. The zero-order chi connectivity index (χ0) is 25.6. The molecule has 6 rings (SSSR count). The minimum Gasteiger partial charge on any atom is -0.497 e. The lowest BCUT2D eigenvalue weighted by Crippen LogP contribution is -2.56. The molecule has 4 aliphatic heterocycles. The molecule has 0 N–H and O–H groups in total. The minimum absolute atomic E-state index is 0.0757. The number of carbonyl (C=O) groups is 2. The fourth-order valence-electron chi connectivity index (χ4n) is 6.50. The van der Waals surface area contributed by atoms with Gasteiger partial charge in [0.25, 0.3) is 0 Å². The van der Waals surface area contributed by atoms with Gasteiger partial charge < -0.3 is 23.7 Å². The number of cyclic esters (lactones) is 1. The molecule has 194 valence electrons. The number of ether oxygens (including phenoxy) is 5.